The van der Waals surface area contributed by atoms with E-state index in [-0.39, 0.29) is 17.1 Å². The quantitative estimate of drug-likeness (QED) is 0.355. The van der Waals surface area contributed by atoms with Crippen molar-refractivity contribution in [1.82, 2.24) is 0 Å². The average Bonchev–Trinajstić information content (AvgIpc) is 3.02. The predicted octanol–water partition coefficient (Wildman–Crippen LogP) is 6.43. The van der Waals surface area contributed by atoms with Crippen LogP contribution < -0.4 is 16.1 Å². The molecule has 0 radical (unpaired) electrons. The van der Waals surface area contributed by atoms with Crippen LogP contribution in [0.3, 0.4) is 0 Å². The summed E-state index contributed by atoms with van der Waals surface area (Å²) in [6, 6.07) is 22.0. The molecule has 0 unspecified atom stereocenters. The molecule has 0 saturated carbocycles. The third-order valence-electron chi connectivity index (χ3n) is 6.67. The van der Waals surface area contributed by atoms with Gasteiger partial charge in [0.1, 0.15) is 11.8 Å². The van der Waals surface area contributed by atoms with Gasteiger partial charge in [-0.3, -0.25) is 9.59 Å². The molecule has 2 N–H and O–H groups in total. The number of hydrogen-bond donors (Lipinski definition) is 2. The molecule has 0 amide bonds. The topological polar surface area (TPSA) is 71.3 Å². The summed E-state index contributed by atoms with van der Waals surface area (Å²) in [7, 11) is 0. The molecular formula is C28H21ClN2O3. The maximum absolute atomic E-state index is 13.6. The molecule has 34 heavy (non-hydrogen) atoms. The number of halogens is 1. The van der Waals surface area contributed by atoms with E-state index < -0.39 is 6.04 Å². The van der Waals surface area contributed by atoms with E-state index in [1.165, 1.54) is 6.26 Å². The lowest BCUT2D eigenvalue weighted by molar-refractivity contribution is -0.116. The molecular weight excluding hydrogens is 448 g/mol. The highest BCUT2D eigenvalue weighted by Crippen LogP contribution is 2.44. The van der Waals surface area contributed by atoms with E-state index in [0.717, 1.165) is 22.6 Å². The summed E-state index contributed by atoms with van der Waals surface area (Å²) in [6.07, 6.45) is 2.49. The molecule has 1 aromatic heterocycles. The number of hydrogen-bond acceptors (Lipinski definition) is 5. The lowest BCUT2D eigenvalue weighted by atomic mass is 9.78. The number of anilines is 2. The number of carbonyl (C=O) groups excluding carboxylic acids is 1. The number of allylic oxidation sites excluding steroid dienone is 1. The molecule has 1 aliphatic carbocycles. The van der Waals surface area contributed by atoms with Crippen molar-refractivity contribution in [2.45, 2.75) is 24.8 Å². The summed E-state index contributed by atoms with van der Waals surface area (Å²) >= 11 is 6.08. The van der Waals surface area contributed by atoms with Gasteiger partial charge in [-0.05, 0) is 54.3 Å². The summed E-state index contributed by atoms with van der Waals surface area (Å²) in [5.41, 5.74) is 4.97. The highest BCUT2D eigenvalue weighted by atomic mass is 35.5. The summed E-state index contributed by atoms with van der Waals surface area (Å²) in [5, 5.41) is 8.11. The van der Waals surface area contributed by atoms with Gasteiger partial charge in [0.05, 0.1) is 28.4 Å². The summed E-state index contributed by atoms with van der Waals surface area (Å²) in [5.74, 6) is 0.0292. The normalized spacial score (nSPS) is 19.6. The Morgan fingerprint density at radius 2 is 1.59 bits per heavy atom. The van der Waals surface area contributed by atoms with Gasteiger partial charge in [0.15, 0.2) is 11.2 Å². The highest BCUT2D eigenvalue weighted by Gasteiger charge is 2.37. The van der Waals surface area contributed by atoms with Crippen LogP contribution in [0.5, 0.6) is 0 Å². The fourth-order valence-electron chi connectivity index (χ4n) is 4.99. The first-order chi connectivity index (χ1) is 16.6. The predicted molar refractivity (Wildman–Crippen MR) is 134 cm³/mol. The van der Waals surface area contributed by atoms with Crippen molar-refractivity contribution in [3.63, 3.8) is 0 Å². The molecule has 6 heteroatoms. The highest BCUT2D eigenvalue weighted by molar-refractivity contribution is 6.30. The molecule has 2 heterocycles. The molecule has 4 aromatic rings. The maximum Gasteiger partial charge on any atom is 0.198 e. The van der Waals surface area contributed by atoms with Crippen molar-refractivity contribution in [3.05, 3.63) is 117 Å². The Labute approximate surface area is 201 Å². The minimum Gasteiger partial charge on any atom is -0.464 e. The van der Waals surface area contributed by atoms with Gasteiger partial charge < -0.3 is 15.1 Å². The van der Waals surface area contributed by atoms with E-state index >= 15 is 0 Å². The van der Waals surface area contributed by atoms with Gasteiger partial charge >= 0.3 is 0 Å². The van der Waals surface area contributed by atoms with Gasteiger partial charge in [-0.15, -0.1) is 0 Å². The first-order valence-corrected chi connectivity index (χ1v) is 11.6. The van der Waals surface area contributed by atoms with Crippen molar-refractivity contribution >= 4 is 39.7 Å². The number of fused-ring (bicyclic) bond motifs is 2. The van der Waals surface area contributed by atoms with E-state index in [1.807, 2.05) is 60.7 Å². The van der Waals surface area contributed by atoms with Crippen LogP contribution in [0.1, 0.15) is 35.9 Å². The van der Waals surface area contributed by atoms with Crippen LogP contribution in [0.25, 0.3) is 11.0 Å². The summed E-state index contributed by atoms with van der Waals surface area (Å²) < 4.78 is 5.82. The smallest absolute Gasteiger partial charge is 0.198 e. The Hall–Kier alpha value is -3.83. The molecule has 2 atom stereocenters. The Bertz CT molecular complexity index is 1520. The molecule has 0 fully saturated rings. The Morgan fingerprint density at radius 1 is 0.853 bits per heavy atom. The van der Waals surface area contributed by atoms with Crippen molar-refractivity contribution in [1.29, 1.82) is 0 Å². The van der Waals surface area contributed by atoms with E-state index in [0.29, 0.717) is 40.0 Å². The van der Waals surface area contributed by atoms with Crippen LogP contribution in [-0.4, -0.2) is 5.78 Å². The van der Waals surface area contributed by atoms with Gasteiger partial charge in [0, 0.05) is 22.7 Å². The van der Waals surface area contributed by atoms with Crippen molar-refractivity contribution in [2.24, 2.45) is 0 Å². The number of para-hydroxylation sites is 3. The van der Waals surface area contributed by atoms with E-state index in [2.05, 4.69) is 10.6 Å². The van der Waals surface area contributed by atoms with Crippen LogP contribution in [0.2, 0.25) is 5.02 Å². The van der Waals surface area contributed by atoms with Crippen molar-refractivity contribution in [2.75, 3.05) is 10.6 Å². The molecule has 2 aliphatic rings. The average molecular weight is 469 g/mol. The summed E-state index contributed by atoms with van der Waals surface area (Å²) in [6.45, 7) is 0. The molecule has 0 bridgehead atoms. The third-order valence-corrected chi connectivity index (χ3v) is 6.92. The zero-order chi connectivity index (χ0) is 23.2. The molecule has 1 aliphatic heterocycles. The SMILES string of the molecule is O=C1C[C@@H](c2ccc(Cl)cc2)CC2=C1[C@H](c1coc3ccccc3c1=O)Nc1ccccc1N2. The zero-order valence-corrected chi connectivity index (χ0v) is 18.9. The fourth-order valence-corrected chi connectivity index (χ4v) is 5.11. The minimum absolute atomic E-state index is 0.00608. The van der Waals surface area contributed by atoms with Crippen LogP contribution in [0.4, 0.5) is 11.4 Å². The number of Topliss-reactive ketones (excluding diaryl/α,β-unsaturated/α-hetero) is 1. The van der Waals surface area contributed by atoms with Crippen LogP contribution >= 0.6 is 11.6 Å². The van der Waals surface area contributed by atoms with Crippen molar-refractivity contribution < 1.29 is 9.21 Å². The Balaban J connectivity index is 1.51. The van der Waals surface area contributed by atoms with E-state index in [1.54, 1.807) is 12.1 Å². The molecule has 0 spiro atoms. The van der Waals surface area contributed by atoms with Crippen LogP contribution in [0, 0.1) is 0 Å². The monoisotopic (exact) mass is 468 g/mol. The largest absolute Gasteiger partial charge is 0.464 e. The van der Waals surface area contributed by atoms with E-state index in [4.69, 9.17) is 16.0 Å². The third kappa shape index (κ3) is 3.49. The molecule has 3 aromatic carbocycles. The number of ketones is 1. The van der Waals surface area contributed by atoms with Crippen LogP contribution in [0.15, 0.2) is 99.5 Å². The Morgan fingerprint density at radius 3 is 2.41 bits per heavy atom. The minimum atomic E-state index is -0.620. The summed E-state index contributed by atoms with van der Waals surface area (Å²) in [4.78, 5) is 27.1. The van der Waals surface area contributed by atoms with Gasteiger partial charge in [-0.25, -0.2) is 0 Å². The number of benzene rings is 3. The van der Waals surface area contributed by atoms with Gasteiger partial charge in [-0.2, -0.15) is 0 Å². The lowest BCUT2D eigenvalue weighted by Gasteiger charge is -2.29. The molecule has 168 valence electrons. The first-order valence-electron chi connectivity index (χ1n) is 11.2. The zero-order valence-electron chi connectivity index (χ0n) is 18.2. The molecule has 0 saturated heterocycles. The van der Waals surface area contributed by atoms with Crippen LogP contribution in [-0.2, 0) is 4.79 Å². The second kappa shape index (κ2) is 8.19. The lowest BCUT2D eigenvalue weighted by Crippen LogP contribution is -2.29. The standard InChI is InChI=1S/C28H21ClN2O3/c29-18-11-9-16(10-12-18)17-13-23-26(24(32)14-17)27(31-22-7-3-2-6-21(22)30-23)20-15-34-25-8-4-1-5-19(25)28(20)33/h1-12,15,17,27,30-31H,13-14H2/t17-,27-/m0/s1. The number of nitrogens with one attached hydrogen (secondary N) is 2. The second-order valence-corrected chi connectivity index (χ2v) is 9.17. The van der Waals surface area contributed by atoms with Crippen molar-refractivity contribution in [3.8, 4) is 0 Å². The van der Waals surface area contributed by atoms with Gasteiger partial charge in [-0.1, -0.05) is 48.0 Å². The van der Waals surface area contributed by atoms with E-state index in [9.17, 15) is 9.59 Å². The first kappa shape index (κ1) is 20.8. The fraction of sp³-hybridized carbons (Fsp3) is 0.143. The van der Waals surface area contributed by atoms with Gasteiger partial charge in [0.2, 0.25) is 0 Å². The van der Waals surface area contributed by atoms with Gasteiger partial charge in [0.25, 0.3) is 0 Å². The number of carbonyl (C=O) groups is 1. The second-order valence-electron chi connectivity index (χ2n) is 8.74. The molecule has 5 nitrogen and oxygen atoms in total. The maximum atomic E-state index is 13.6. The number of rotatable bonds is 2. The molecule has 6 rings (SSSR count). The Kier molecular flexibility index (Phi) is 5.00.